The highest BCUT2D eigenvalue weighted by Crippen LogP contribution is 2.41. The summed E-state index contributed by atoms with van der Waals surface area (Å²) in [5.41, 5.74) is 0. The van der Waals surface area contributed by atoms with Gasteiger partial charge in [0.2, 0.25) is 0 Å². The largest absolute Gasteiger partial charge is 0.499 e. The fourth-order valence-corrected chi connectivity index (χ4v) is 64.1. The summed E-state index contributed by atoms with van der Waals surface area (Å²) in [4.78, 5) is 0. The lowest BCUT2D eigenvalue weighted by atomic mass is 10.5. The van der Waals surface area contributed by atoms with Crippen molar-refractivity contribution in [1.82, 2.24) is 0 Å². The van der Waals surface area contributed by atoms with Crippen molar-refractivity contribution in [3.63, 3.8) is 0 Å². The van der Waals surface area contributed by atoms with Gasteiger partial charge in [-0.1, -0.05) is 0 Å². The van der Waals surface area contributed by atoms with E-state index in [1.807, 2.05) is 0 Å². The highest BCUT2D eigenvalue weighted by molar-refractivity contribution is 6.93. The van der Waals surface area contributed by atoms with Gasteiger partial charge >= 0.3 is 61.6 Å². The Labute approximate surface area is 494 Å². The Morgan fingerprint density at radius 1 is 0.177 bits per heavy atom. The van der Waals surface area contributed by atoms with Crippen LogP contribution in [0.3, 0.4) is 0 Å². The summed E-state index contributed by atoms with van der Waals surface area (Å²) in [5, 5.41) is 0. The first-order valence-electron chi connectivity index (χ1n) is 27.4. The molecule has 0 aliphatic carbocycles. The lowest BCUT2D eigenvalue weighted by Gasteiger charge is -2.47. The van der Waals surface area contributed by atoms with Crippen LogP contribution in [0.25, 0.3) is 0 Å². The standard InChI is InChI=1S/C44H116O22Si13/c1-45-31-29-32-67(17,18)61-78(62-68(19,20)35-40-73(46-2,47-3)48-4,63-69(21,22)36-41-74(49-5,50-6)51-7)33-30-34-79(64-70(23,24)37-42-75(52-8,53-9)54-10,65-71(25,26)38-43-76(55-11,56-12)57-13)66-72(27,28)39-44-77(58-14,59-15)60-16/h29-44H2,1-28H3. The highest BCUT2D eigenvalue weighted by atomic mass is 28.5. The molecule has 0 N–H and O–H groups in total. The van der Waals surface area contributed by atoms with E-state index in [-0.39, 0.29) is 0 Å². The molecule has 0 rings (SSSR count). The van der Waals surface area contributed by atoms with E-state index in [1.165, 1.54) is 0 Å². The summed E-state index contributed by atoms with van der Waals surface area (Å²) in [6.45, 7) is 27.4. The predicted molar refractivity (Wildman–Crippen MR) is 340 cm³/mol. The third-order valence-corrected chi connectivity index (χ3v) is 62.1. The number of hydrogen-bond donors (Lipinski definition) is 0. The first-order chi connectivity index (χ1) is 36.5. The molecule has 22 nitrogen and oxygen atoms in total. The topological polar surface area (TPSA) is 203 Å². The Morgan fingerprint density at radius 2 is 0.342 bits per heavy atom. The van der Waals surface area contributed by atoms with E-state index in [0.29, 0.717) is 85.6 Å². The van der Waals surface area contributed by atoms with Crippen molar-refractivity contribution in [2.24, 2.45) is 0 Å². The molecule has 0 aromatic carbocycles. The molecule has 0 aliphatic rings. The van der Waals surface area contributed by atoms with Crippen molar-refractivity contribution in [2.75, 3.05) is 120 Å². The lowest BCUT2D eigenvalue weighted by molar-refractivity contribution is 0.124. The van der Waals surface area contributed by atoms with Crippen molar-refractivity contribution in [3.8, 4) is 0 Å². The molecular formula is C44H116O22Si13. The van der Waals surface area contributed by atoms with E-state index in [4.69, 9.17) is 95.8 Å². The van der Waals surface area contributed by atoms with Crippen LogP contribution in [-0.2, 0) is 95.8 Å². The highest BCUT2D eigenvalue weighted by Gasteiger charge is 2.58. The molecule has 0 amide bonds. The molecule has 0 bridgehead atoms. The molecule has 79 heavy (non-hydrogen) atoms. The maximum atomic E-state index is 7.88. The molecule has 476 valence electrons. The minimum atomic E-state index is -3.84. The lowest BCUT2D eigenvalue weighted by Crippen LogP contribution is -2.64. The van der Waals surface area contributed by atoms with E-state index in [0.717, 1.165) is 12.5 Å². The van der Waals surface area contributed by atoms with Crippen LogP contribution in [-0.4, -0.2) is 232 Å². The smallest absolute Gasteiger partial charge is 0.417 e. The fourth-order valence-electron chi connectivity index (χ4n) is 9.48. The second kappa shape index (κ2) is 35.8. The van der Waals surface area contributed by atoms with Crippen LogP contribution in [0.15, 0.2) is 0 Å². The monoisotopic (exact) mass is 1360 g/mol. The second-order valence-electron chi connectivity index (χ2n) is 23.5. The SMILES string of the molecule is COCCC[Si](C)(C)O[Si](CCC[Si](O[Si](C)(C)CC[Si](OC)(OC)OC)(O[Si](C)(C)CC[Si](OC)(OC)OC)O[Si](C)(C)CC[Si](OC)(OC)OC)(O[Si](C)(C)CC[Si](OC)(OC)OC)O[Si](C)(C)CC[Si](OC)(OC)OC. The maximum absolute atomic E-state index is 7.88. The van der Waals surface area contributed by atoms with Crippen LogP contribution in [0, 0.1) is 0 Å². The predicted octanol–water partition coefficient (Wildman–Crippen LogP) is 10.0. The van der Waals surface area contributed by atoms with Gasteiger partial charge < -0.3 is 95.8 Å². The molecule has 0 aromatic heterocycles. The molecule has 0 saturated carbocycles. The summed E-state index contributed by atoms with van der Waals surface area (Å²) < 4.78 is 142. The normalized spacial score (nSPS) is 14.7. The van der Waals surface area contributed by atoms with Gasteiger partial charge in [-0.3, -0.25) is 0 Å². The van der Waals surface area contributed by atoms with Gasteiger partial charge in [0.25, 0.3) is 0 Å². The van der Waals surface area contributed by atoms with Gasteiger partial charge in [0.05, 0.1) is 0 Å². The van der Waals surface area contributed by atoms with Crippen LogP contribution >= 0.6 is 0 Å². The third kappa shape index (κ3) is 27.9. The molecule has 0 fully saturated rings. The van der Waals surface area contributed by atoms with Gasteiger partial charge in [0.1, 0.15) is 0 Å². The summed E-state index contributed by atoms with van der Waals surface area (Å²) in [7, 11) is -12.7. The Bertz CT molecular complexity index is 1470. The van der Waals surface area contributed by atoms with Crippen LogP contribution in [0.4, 0.5) is 0 Å². The molecule has 0 saturated heterocycles. The van der Waals surface area contributed by atoms with Crippen LogP contribution in [0.1, 0.15) is 12.8 Å². The molecule has 35 heteroatoms. The molecule has 0 aliphatic heterocycles. The molecule has 0 atom stereocenters. The average Bonchev–Trinajstić information content (AvgIpc) is 3.38. The van der Waals surface area contributed by atoms with E-state index in [9.17, 15) is 0 Å². The molecule has 0 spiro atoms. The molecular weight excluding hydrogens is 1250 g/mol. The van der Waals surface area contributed by atoms with Gasteiger partial charge in [-0.15, -0.1) is 0 Å². The number of methoxy groups -OCH3 is 1. The zero-order chi connectivity index (χ0) is 61.4. The Balaban J connectivity index is 8.74. The first kappa shape index (κ1) is 80.9. The first-order valence-corrected chi connectivity index (χ1v) is 59.6. The van der Waals surface area contributed by atoms with Crippen LogP contribution in [0.2, 0.25) is 157 Å². The van der Waals surface area contributed by atoms with Gasteiger partial charge in [-0.05, 0) is 128 Å². The molecule has 0 unspecified atom stereocenters. The number of ether oxygens (including phenoxy) is 1. The Kier molecular flexibility index (Phi) is 36.7. The summed E-state index contributed by atoms with van der Waals surface area (Å²) >= 11 is 0. The zero-order valence-electron chi connectivity index (χ0n) is 54.8. The quantitative estimate of drug-likeness (QED) is 0.0411. The Hall–Kier alpha value is 1.94. The summed E-state index contributed by atoms with van der Waals surface area (Å²) in [5.74, 6) is 0. The second-order valence-corrected chi connectivity index (χ2v) is 71.7. The van der Waals surface area contributed by atoms with Gasteiger partial charge in [-0.25, -0.2) is 0 Å². The van der Waals surface area contributed by atoms with Gasteiger partial charge in [0.15, 0.2) is 49.9 Å². The average molecular weight is 1360 g/mol. The van der Waals surface area contributed by atoms with E-state index in [2.05, 4.69) is 78.6 Å². The molecule has 0 radical (unpaired) electrons. The van der Waals surface area contributed by atoms with Gasteiger partial charge in [0, 0.05) is 163 Å². The van der Waals surface area contributed by atoms with E-state index >= 15 is 0 Å². The van der Waals surface area contributed by atoms with Crippen molar-refractivity contribution in [1.29, 1.82) is 0 Å². The molecule has 0 aromatic rings. The van der Waals surface area contributed by atoms with Gasteiger partial charge in [-0.2, -0.15) is 0 Å². The van der Waals surface area contributed by atoms with Crippen LogP contribution in [0.5, 0.6) is 0 Å². The summed E-state index contributed by atoms with van der Waals surface area (Å²) in [6, 6.07) is 7.79. The zero-order valence-corrected chi connectivity index (χ0v) is 67.8. The number of hydrogen-bond acceptors (Lipinski definition) is 22. The van der Waals surface area contributed by atoms with Crippen molar-refractivity contribution in [2.45, 2.75) is 170 Å². The Morgan fingerprint density at radius 3 is 0.494 bits per heavy atom. The van der Waals surface area contributed by atoms with Crippen molar-refractivity contribution >= 4 is 112 Å². The van der Waals surface area contributed by atoms with E-state index in [1.54, 1.807) is 114 Å². The van der Waals surface area contributed by atoms with Crippen molar-refractivity contribution in [3.05, 3.63) is 0 Å². The minimum absolute atomic E-state index is 0.445. The van der Waals surface area contributed by atoms with Crippen LogP contribution < -0.4 is 0 Å². The third-order valence-electron chi connectivity index (χ3n) is 14.5. The van der Waals surface area contributed by atoms with Crippen molar-refractivity contribution < 1.29 is 95.8 Å². The maximum Gasteiger partial charge on any atom is 0.499 e. The molecule has 0 heterocycles. The summed E-state index contributed by atoms with van der Waals surface area (Å²) in [6.07, 6.45) is 1.37. The number of rotatable bonds is 50. The van der Waals surface area contributed by atoms with E-state index < -0.39 is 112 Å². The fraction of sp³-hybridized carbons (Fsp3) is 1.00. The minimum Gasteiger partial charge on any atom is -0.417 e.